The number of rotatable bonds is 4. The van der Waals surface area contributed by atoms with Crippen molar-refractivity contribution in [3.8, 4) is 6.07 Å². The SMILES string of the molecule is Cc1cc2ncc(C(=O)NCC(C)(C)N)cn2n1.N#C[C@@H]1CCCN1C(=O)CCl. The third-order valence-corrected chi connectivity index (χ3v) is 4.47. The molecule has 9 nitrogen and oxygen atoms in total. The predicted octanol–water partition coefficient (Wildman–Crippen LogP) is 1.24. The molecule has 1 fully saturated rings. The molecule has 0 saturated carbocycles. The number of nitrogens with zero attached hydrogens (tertiary/aromatic N) is 5. The van der Waals surface area contributed by atoms with Gasteiger partial charge in [-0.15, -0.1) is 11.6 Å². The van der Waals surface area contributed by atoms with Crippen LogP contribution >= 0.6 is 11.6 Å². The standard InChI is InChI=1S/C12H17N5O.C7H9ClN2O/c1-8-4-10-14-5-9(6-17(10)16-8)11(18)15-7-12(2,3)13;8-4-7(11)10-3-1-2-6(10)5-9/h4-6H,7,13H2,1-3H3,(H,15,18);6H,1-4H2/t;6-/m.0/s1. The fraction of sp³-hybridized carbons (Fsp3) is 0.526. The molecule has 0 bridgehead atoms. The third kappa shape index (κ3) is 6.41. The van der Waals surface area contributed by atoms with E-state index in [0.29, 0.717) is 18.7 Å². The number of hydrogen-bond donors (Lipinski definition) is 2. The highest BCUT2D eigenvalue weighted by molar-refractivity contribution is 6.27. The van der Waals surface area contributed by atoms with Crippen molar-refractivity contribution >= 4 is 29.1 Å². The number of alkyl halides is 1. The number of amides is 2. The van der Waals surface area contributed by atoms with Crippen LogP contribution in [-0.4, -0.2) is 61.9 Å². The number of aryl methyl sites for hydroxylation is 1. The number of nitriles is 1. The Labute approximate surface area is 174 Å². The summed E-state index contributed by atoms with van der Waals surface area (Å²) in [5.41, 5.74) is 7.43. The van der Waals surface area contributed by atoms with Gasteiger partial charge in [-0.2, -0.15) is 10.4 Å². The van der Waals surface area contributed by atoms with Crippen molar-refractivity contribution in [2.75, 3.05) is 19.0 Å². The van der Waals surface area contributed by atoms with Gasteiger partial charge >= 0.3 is 0 Å². The van der Waals surface area contributed by atoms with E-state index in [1.54, 1.807) is 15.6 Å². The molecule has 1 atom stereocenters. The zero-order chi connectivity index (χ0) is 21.6. The fourth-order valence-electron chi connectivity index (χ4n) is 2.80. The Morgan fingerprint density at radius 2 is 2.21 bits per heavy atom. The molecule has 2 aromatic rings. The van der Waals surface area contributed by atoms with E-state index in [1.807, 2.05) is 26.8 Å². The van der Waals surface area contributed by atoms with Crippen LogP contribution in [0.25, 0.3) is 5.65 Å². The summed E-state index contributed by atoms with van der Waals surface area (Å²) in [5.74, 6) is -0.343. The minimum Gasteiger partial charge on any atom is -0.350 e. The first-order valence-corrected chi connectivity index (χ1v) is 9.82. The lowest BCUT2D eigenvalue weighted by atomic mass is 10.1. The van der Waals surface area contributed by atoms with Crippen molar-refractivity contribution in [3.63, 3.8) is 0 Å². The van der Waals surface area contributed by atoms with E-state index in [1.165, 1.54) is 6.20 Å². The molecule has 0 aliphatic carbocycles. The van der Waals surface area contributed by atoms with Crippen LogP contribution in [-0.2, 0) is 4.79 Å². The number of hydrogen-bond acceptors (Lipinski definition) is 6. The second kappa shape index (κ2) is 9.67. The van der Waals surface area contributed by atoms with Crippen LogP contribution in [0.1, 0.15) is 42.7 Å². The zero-order valence-corrected chi connectivity index (χ0v) is 17.6. The van der Waals surface area contributed by atoms with Gasteiger partial charge in [-0.1, -0.05) is 0 Å². The Morgan fingerprint density at radius 3 is 2.83 bits per heavy atom. The highest BCUT2D eigenvalue weighted by Gasteiger charge is 2.27. The Morgan fingerprint density at radius 1 is 1.48 bits per heavy atom. The molecule has 2 aromatic heterocycles. The van der Waals surface area contributed by atoms with Gasteiger partial charge in [0.2, 0.25) is 5.91 Å². The molecule has 2 amide bonds. The molecule has 29 heavy (non-hydrogen) atoms. The van der Waals surface area contributed by atoms with E-state index in [9.17, 15) is 9.59 Å². The van der Waals surface area contributed by atoms with Crippen LogP contribution in [0.5, 0.6) is 0 Å². The van der Waals surface area contributed by atoms with E-state index in [4.69, 9.17) is 22.6 Å². The Balaban J connectivity index is 0.000000234. The second-order valence-electron chi connectivity index (χ2n) is 7.61. The minimum absolute atomic E-state index is 0.0157. The average molecular weight is 420 g/mol. The van der Waals surface area contributed by atoms with Crippen molar-refractivity contribution in [3.05, 3.63) is 29.7 Å². The molecule has 3 N–H and O–H groups in total. The van der Waals surface area contributed by atoms with Gasteiger partial charge in [0, 0.05) is 37.1 Å². The highest BCUT2D eigenvalue weighted by Crippen LogP contribution is 2.16. The van der Waals surface area contributed by atoms with Gasteiger partial charge in [0.25, 0.3) is 5.91 Å². The van der Waals surface area contributed by atoms with Crippen LogP contribution in [0.4, 0.5) is 0 Å². The molecule has 3 heterocycles. The number of nitrogens with one attached hydrogen (secondary N) is 1. The molecule has 1 aliphatic heterocycles. The molecule has 1 aliphatic rings. The molecule has 10 heteroatoms. The van der Waals surface area contributed by atoms with Gasteiger partial charge in [0.1, 0.15) is 11.9 Å². The van der Waals surface area contributed by atoms with Crippen molar-refractivity contribution in [1.29, 1.82) is 5.26 Å². The predicted molar refractivity (Wildman–Crippen MR) is 109 cm³/mol. The molecule has 156 valence electrons. The van der Waals surface area contributed by atoms with Gasteiger partial charge in [0.05, 0.1) is 17.3 Å². The monoisotopic (exact) mass is 419 g/mol. The van der Waals surface area contributed by atoms with Crippen molar-refractivity contribution in [2.24, 2.45) is 5.73 Å². The number of fused-ring (bicyclic) bond motifs is 1. The Bertz CT molecular complexity index is 913. The molecule has 3 rings (SSSR count). The normalized spacial score (nSPS) is 16.1. The molecule has 0 aromatic carbocycles. The van der Waals surface area contributed by atoms with Crippen LogP contribution in [0, 0.1) is 18.3 Å². The summed E-state index contributed by atoms with van der Waals surface area (Å²) in [7, 11) is 0. The van der Waals surface area contributed by atoms with Gasteiger partial charge in [0.15, 0.2) is 5.65 Å². The number of carbonyl (C=O) groups excluding carboxylic acids is 2. The first-order chi connectivity index (χ1) is 13.6. The molecular formula is C19H26ClN7O2. The maximum absolute atomic E-state index is 11.9. The van der Waals surface area contributed by atoms with Crippen LogP contribution < -0.4 is 11.1 Å². The second-order valence-corrected chi connectivity index (χ2v) is 7.88. The smallest absolute Gasteiger partial charge is 0.254 e. The maximum Gasteiger partial charge on any atom is 0.254 e. The largest absolute Gasteiger partial charge is 0.350 e. The quantitative estimate of drug-likeness (QED) is 0.717. The summed E-state index contributed by atoms with van der Waals surface area (Å²) in [6.45, 7) is 6.67. The van der Waals surface area contributed by atoms with E-state index in [-0.39, 0.29) is 23.7 Å². The number of nitrogens with two attached hydrogens (primary N) is 1. The summed E-state index contributed by atoms with van der Waals surface area (Å²) in [6.07, 6.45) is 4.91. The van der Waals surface area contributed by atoms with Crippen molar-refractivity contribution < 1.29 is 9.59 Å². The highest BCUT2D eigenvalue weighted by atomic mass is 35.5. The molecular weight excluding hydrogens is 394 g/mol. The Hall–Kier alpha value is -2.70. The lowest BCUT2D eigenvalue weighted by Crippen LogP contribution is -2.45. The van der Waals surface area contributed by atoms with Crippen LogP contribution in [0.15, 0.2) is 18.5 Å². The van der Waals surface area contributed by atoms with Crippen molar-refractivity contribution in [1.82, 2.24) is 24.8 Å². The van der Waals surface area contributed by atoms with Crippen LogP contribution in [0.2, 0.25) is 0 Å². The molecule has 1 saturated heterocycles. The maximum atomic E-state index is 11.9. The van der Waals surface area contributed by atoms with Gasteiger partial charge in [-0.05, 0) is 33.6 Å². The fourth-order valence-corrected chi connectivity index (χ4v) is 2.95. The van der Waals surface area contributed by atoms with E-state index in [2.05, 4.69) is 21.5 Å². The Kier molecular flexibility index (Phi) is 7.53. The van der Waals surface area contributed by atoms with E-state index in [0.717, 1.165) is 24.2 Å². The van der Waals surface area contributed by atoms with Gasteiger partial charge < -0.3 is 16.0 Å². The average Bonchev–Trinajstić information content (AvgIpc) is 3.29. The summed E-state index contributed by atoms with van der Waals surface area (Å²) in [6, 6.07) is 3.69. The molecule has 0 radical (unpaired) electrons. The first kappa shape index (κ1) is 22.6. The summed E-state index contributed by atoms with van der Waals surface area (Å²) in [4.78, 5) is 28.6. The number of halogens is 1. The zero-order valence-electron chi connectivity index (χ0n) is 16.9. The topological polar surface area (TPSA) is 129 Å². The lowest BCUT2D eigenvalue weighted by Gasteiger charge is -2.18. The van der Waals surface area contributed by atoms with Gasteiger partial charge in [-0.3, -0.25) is 9.59 Å². The minimum atomic E-state index is -0.435. The number of carbonyl (C=O) groups is 2. The third-order valence-electron chi connectivity index (χ3n) is 4.24. The molecule has 0 unspecified atom stereocenters. The lowest BCUT2D eigenvalue weighted by molar-refractivity contribution is -0.128. The van der Waals surface area contributed by atoms with E-state index < -0.39 is 5.54 Å². The summed E-state index contributed by atoms with van der Waals surface area (Å²) >= 11 is 5.35. The summed E-state index contributed by atoms with van der Waals surface area (Å²) < 4.78 is 1.60. The van der Waals surface area contributed by atoms with E-state index >= 15 is 0 Å². The molecule has 0 spiro atoms. The number of aromatic nitrogens is 3. The number of likely N-dealkylation sites (tertiary alicyclic amines) is 1. The van der Waals surface area contributed by atoms with Gasteiger partial charge in [-0.25, -0.2) is 9.50 Å². The first-order valence-electron chi connectivity index (χ1n) is 9.29. The van der Waals surface area contributed by atoms with Crippen molar-refractivity contribution in [2.45, 2.75) is 45.2 Å². The van der Waals surface area contributed by atoms with Crippen LogP contribution in [0.3, 0.4) is 0 Å². The summed E-state index contributed by atoms with van der Waals surface area (Å²) in [5, 5.41) is 15.6.